The molecule has 158 valence electrons. The number of hydrogen-bond donors (Lipinski definition) is 2. The first-order valence-corrected chi connectivity index (χ1v) is 10.9. The Labute approximate surface area is 187 Å². The molecule has 1 unspecified atom stereocenters. The molecule has 1 aliphatic carbocycles. The molecule has 6 nitrogen and oxygen atoms in total. The van der Waals surface area contributed by atoms with Crippen molar-refractivity contribution in [1.82, 2.24) is 14.6 Å². The number of fused-ring (bicyclic) bond motifs is 1. The molecule has 0 radical (unpaired) electrons. The third-order valence-corrected chi connectivity index (χ3v) is 7.24. The van der Waals surface area contributed by atoms with Crippen LogP contribution < -0.4 is 11.1 Å². The molecule has 1 aromatic heterocycles. The average Bonchev–Trinajstić information content (AvgIpc) is 3.06. The van der Waals surface area contributed by atoms with Crippen molar-refractivity contribution in [3.05, 3.63) is 94.1 Å². The number of hydrogen-bond acceptors (Lipinski definition) is 5. The molecule has 1 aromatic carbocycles. The lowest BCUT2D eigenvalue weighted by atomic mass is 9.84. The molecule has 0 bridgehead atoms. The van der Waals surface area contributed by atoms with Gasteiger partial charge >= 0.3 is 0 Å². The lowest BCUT2D eigenvalue weighted by Gasteiger charge is -2.31. The monoisotopic (exact) mass is 464 g/mol. The van der Waals surface area contributed by atoms with Crippen LogP contribution in [0.15, 0.2) is 82.8 Å². The molecule has 2 aliphatic rings. The predicted octanol–water partition coefficient (Wildman–Crippen LogP) is 3.25. The number of nitrogens with zero attached hydrogens (tertiary/aromatic N) is 2. The van der Waals surface area contributed by atoms with Gasteiger partial charge in [0.2, 0.25) is 0 Å². The van der Waals surface area contributed by atoms with Crippen molar-refractivity contribution in [1.29, 1.82) is 0 Å². The fraction of sp³-hybridized carbons (Fsp3) is 0.190. The van der Waals surface area contributed by atoms with Crippen molar-refractivity contribution in [2.45, 2.75) is 17.4 Å². The van der Waals surface area contributed by atoms with E-state index in [1.165, 1.54) is 16.6 Å². The van der Waals surface area contributed by atoms with Crippen molar-refractivity contribution < 1.29 is 8.42 Å². The van der Waals surface area contributed by atoms with Crippen LogP contribution in [0.2, 0.25) is 5.02 Å². The van der Waals surface area contributed by atoms with Gasteiger partial charge in [-0.25, -0.2) is 8.42 Å². The summed E-state index contributed by atoms with van der Waals surface area (Å²) in [5, 5.41) is 3.64. The molecular formula is C21H22Cl2N4O2S. The Balaban J connectivity index is 0.00000256. The Kier molecular flexibility index (Phi) is 6.02. The fourth-order valence-corrected chi connectivity index (χ4v) is 5.44. The lowest BCUT2D eigenvalue weighted by Crippen LogP contribution is -2.37. The highest BCUT2D eigenvalue weighted by Gasteiger charge is 2.39. The summed E-state index contributed by atoms with van der Waals surface area (Å²) in [6.07, 6.45) is 8.35. The summed E-state index contributed by atoms with van der Waals surface area (Å²) < 4.78 is 28.0. The van der Waals surface area contributed by atoms with Crippen LogP contribution in [-0.2, 0) is 15.6 Å². The molecule has 2 heterocycles. The van der Waals surface area contributed by atoms with Gasteiger partial charge in [0.1, 0.15) is 4.90 Å². The van der Waals surface area contributed by atoms with E-state index >= 15 is 0 Å². The minimum absolute atomic E-state index is 0. The molecule has 1 aliphatic heterocycles. The number of nitrogens with two attached hydrogens (primary N) is 1. The van der Waals surface area contributed by atoms with Crippen LogP contribution in [0.5, 0.6) is 0 Å². The van der Waals surface area contributed by atoms with Crippen LogP contribution in [-0.4, -0.2) is 31.3 Å². The molecule has 2 aromatic rings. The average molecular weight is 465 g/mol. The van der Waals surface area contributed by atoms with Gasteiger partial charge < -0.3 is 11.1 Å². The summed E-state index contributed by atoms with van der Waals surface area (Å²) in [5.74, 6) is 0. The molecule has 9 heteroatoms. The number of aromatic nitrogens is 1. The van der Waals surface area contributed by atoms with Crippen LogP contribution in [0, 0.1) is 6.92 Å². The Morgan fingerprint density at radius 1 is 1.30 bits per heavy atom. The van der Waals surface area contributed by atoms with Gasteiger partial charge in [-0.05, 0) is 42.3 Å². The van der Waals surface area contributed by atoms with Crippen molar-refractivity contribution in [3.8, 4) is 0 Å². The molecule has 30 heavy (non-hydrogen) atoms. The van der Waals surface area contributed by atoms with E-state index in [2.05, 4.69) is 10.3 Å². The number of aryl methyl sites for hydroxylation is 1. The van der Waals surface area contributed by atoms with E-state index in [1.807, 2.05) is 37.3 Å². The van der Waals surface area contributed by atoms with E-state index in [4.69, 9.17) is 17.3 Å². The maximum absolute atomic E-state index is 13.3. The normalized spacial score (nSPS) is 20.5. The zero-order valence-corrected chi connectivity index (χ0v) is 18.9. The van der Waals surface area contributed by atoms with Crippen LogP contribution in [0.1, 0.15) is 11.1 Å². The van der Waals surface area contributed by atoms with E-state index < -0.39 is 15.6 Å². The van der Waals surface area contributed by atoms with Gasteiger partial charge in [-0.2, -0.15) is 0 Å². The van der Waals surface area contributed by atoms with Gasteiger partial charge in [0.25, 0.3) is 10.0 Å². The number of halogens is 2. The Morgan fingerprint density at radius 2 is 2.07 bits per heavy atom. The fourth-order valence-electron chi connectivity index (χ4n) is 3.63. The van der Waals surface area contributed by atoms with Crippen molar-refractivity contribution in [2.24, 2.45) is 5.73 Å². The van der Waals surface area contributed by atoms with Crippen LogP contribution in [0.4, 0.5) is 0 Å². The first-order chi connectivity index (χ1) is 13.8. The smallest absolute Gasteiger partial charge is 0.266 e. The minimum atomic E-state index is -3.80. The summed E-state index contributed by atoms with van der Waals surface area (Å²) in [6.45, 7) is 2.14. The first kappa shape index (κ1) is 22.4. The van der Waals surface area contributed by atoms with Crippen molar-refractivity contribution in [2.75, 3.05) is 13.6 Å². The van der Waals surface area contributed by atoms with E-state index in [0.717, 1.165) is 16.8 Å². The summed E-state index contributed by atoms with van der Waals surface area (Å²) in [6, 6.07) is 8.80. The second kappa shape index (κ2) is 8.07. The standard InChI is InChI=1S/C21H21ClN4O2S.ClH/c1-14-5-6-17(18(22)10-14)21(23)8-7-16-19(24-2)13-26(20(16)11-21)29(27,28)15-4-3-9-25-12-15;/h3-12,24H,13,23H2,1-2H3;1H. The summed E-state index contributed by atoms with van der Waals surface area (Å²) in [7, 11) is -2.03. The number of rotatable bonds is 4. The molecule has 4 rings (SSSR count). The van der Waals surface area contributed by atoms with Gasteiger partial charge in [-0.1, -0.05) is 35.9 Å². The number of pyridine rings is 1. The number of allylic oxidation sites excluding steroid dienone is 1. The van der Waals surface area contributed by atoms with E-state index in [-0.39, 0.29) is 23.8 Å². The molecule has 0 spiro atoms. The Bertz CT molecular complexity index is 1180. The molecule has 0 amide bonds. The minimum Gasteiger partial charge on any atom is -0.389 e. The third-order valence-electron chi connectivity index (χ3n) is 5.19. The lowest BCUT2D eigenvalue weighted by molar-refractivity contribution is 0.506. The van der Waals surface area contributed by atoms with E-state index in [9.17, 15) is 8.42 Å². The maximum atomic E-state index is 13.3. The molecule has 0 saturated heterocycles. The molecule has 0 fully saturated rings. The number of sulfonamides is 1. The van der Waals surface area contributed by atoms with Crippen molar-refractivity contribution >= 4 is 34.0 Å². The number of nitrogens with one attached hydrogen (secondary N) is 1. The van der Waals surface area contributed by atoms with Gasteiger partial charge in [0.05, 0.1) is 17.8 Å². The van der Waals surface area contributed by atoms with E-state index in [0.29, 0.717) is 16.3 Å². The second-order valence-electron chi connectivity index (χ2n) is 7.12. The highest BCUT2D eigenvalue weighted by Crippen LogP contribution is 2.41. The van der Waals surface area contributed by atoms with Crippen LogP contribution in [0.3, 0.4) is 0 Å². The Hall–Kier alpha value is -2.32. The van der Waals surface area contributed by atoms with Crippen LogP contribution in [0.25, 0.3) is 0 Å². The second-order valence-corrected chi connectivity index (χ2v) is 9.39. The summed E-state index contributed by atoms with van der Waals surface area (Å²) >= 11 is 6.47. The van der Waals surface area contributed by atoms with Gasteiger partial charge in [0, 0.05) is 35.7 Å². The third kappa shape index (κ3) is 3.63. The number of benzene rings is 1. The van der Waals surface area contributed by atoms with E-state index in [1.54, 1.807) is 25.4 Å². The van der Waals surface area contributed by atoms with Gasteiger partial charge in [-0.3, -0.25) is 9.29 Å². The zero-order valence-electron chi connectivity index (χ0n) is 16.5. The highest BCUT2D eigenvalue weighted by atomic mass is 35.5. The SMILES string of the molecule is CNC1=C2C=CC(N)(c3ccc(C)cc3Cl)C=C2N(S(=O)(=O)c2cccnc2)C1.Cl. The molecule has 3 N–H and O–H groups in total. The van der Waals surface area contributed by atoms with Crippen molar-refractivity contribution in [3.63, 3.8) is 0 Å². The highest BCUT2D eigenvalue weighted by molar-refractivity contribution is 7.89. The quantitative estimate of drug-likeness (QED) is 0.724. The molecular weight excluding hydrogens is 443 g/mol. The molecule has 0 saturated carbocycles. The predicted molar refractivity (Wildman–Crippen MR) is 121 cm³/mol. The zero-order chi connectivity index (χ0) is 20.8. The first-order valence-electron chi connectivity index (χ1n) is 9.08. The number of likely N-dealkylation sites (N-methyl/N-ethyl adjacent to an activating group) is 1. The topological polar surface area (TPSA) is 88.3 Å². The summed E-state index contributed by atoms with van der Waals surface area (Å²) in [4.78, 5) is 4.08. The largest absolute Gasteiger partial charge is 0.389 e. The van der Waals surface area contributed by atoms with Crippen LogP contribution >= 0.6 is 24.0 Å². The Morgan fingerprint density at radius 3 is 2.70 bits per heavy atom. The van der Waals surface area contributed by atoms with Gasteiger partial charge in [0.15, 0.2) is 0 Å². The van der Waals surface area contributed by atoms with Gasteiger partial charge in [-0.15, -0.1) is 12.4 Å². The summed E-state index contributed by atoms with van der Waals surface area (Å²) in [5.41, 5.74) is 9.52. The molecule has 1 atom stereocenters. The maximum Gasteiger partial charge on any atom is 0.266 e.